The van der Waals surface area contributed by atoms with Gasteiger partial charge in [0.1, 0.15) is 5.41 Å². The van der Waals surface area contributed by atoms with Gasteiger partial charge >= 0.3 is 0 Å². The standard InChI is InChI=1S/C22H26N2O5/c1-13-7-6-8-14(2)18(13)24-21(26)22(9-10-22)20(25)23-15-11-16(27-3)19(29-5)17(12-15)28-4/h6-8,11-12H,9-10H2,1-5H3,(H,23,25)(H,24,26). The number of amides is 2. The average Bonchev–Trinajstić information content (AvgIpc) is 3.52. The summed E-state index contributed by atoms with van der Waals surface area (Å²) in [6, 6.07) is 9.07. The molecule has 1 aliphatic rings. The van der Waals surface area contributed by atoms with Gasteiger partial charge in [-0.2, -0.15) is 0 Å². The maximum atomic E-state index is 13.0. The predicted octanol–water partition coefficient (Wildman–Crippen LogP) is 3.69. The van der Waals surface area contributed by atoms with E-state index in [4.69, 9.17) is 14.2 Å². The summed E-state index contributed by atoms with van der Waals surface area (Å²) in [5.41, 5.74) is 2.06. The van der Waals surface area contributed by atoms with Crippen LogP contribution in [0.25, 0.3) is 0 Å². The number of para-hydroxylation sites is 1. The molecule has 2 amide bonds. The van der Waals surface area contributed by atoms with Crippen molar-refractivity contribution in [3.8, 4) is 17.2 Å². The first-order valence-electron chi connectivity index (χ1n) is 9.35. The number of rotatable bonds is 7. The molecule has 1 fully saturated rings. The molecular weight excluding hydrogens is 372 g/mol. The maximum Gasteiger partial charge on any atom is 0.240 e. The molecule has 0 unspecified atom stereocenters. The van der Waals surface area contributed by atoms with Gasteiger partial charge in [0.25, 0.3) is 0 Å². The minimum absolute atomic E-state index is 0.292. The first-order valence-corrected chi connectivity index (χ1v) is 9.35. The third-order valence-electron chi connectivity index (χ3n) is 5.26. The van der Waals surface area contributed by atoms with E-state index >= 15 is 0 Å². The van der Waals surface area contributed by atoms with Crippen molar-refractivity contribution in [3.63, 3.8) is 0 Å². The van der Waals surface area contributed by atoms with Gasteiger partial charge in [-0.15, -0.1) is 0 Å². The van der Waals surface area contributed by atoms with Crippen molar-refractivity contribution in [2.45, 2.75) is 26.7 Å². The molecular formula is C22H26N2O5. The topological polar surface area (TPSA) is 85.9 Å². The summed E-state index contributed by atoms with van der Waals surface area (Å²) in [5.74, 6) is 0.635. The van der Waals surface area contributed by atoms with Gasteiger partial charge in [0, 0.05) is 23.5 Å². The fraction of sp³-hybridized carbons (Fsp3) is 0.364. The van der Waals surface area contributed by atoms with Gasteiger partial charge in [-0.3, -0.25) is 9.59 Å². The van der Waals surface area contributed by atoms with Gasteiger partial charge in [-0.25, -0.2) is 0 Å². The maximum absolute atomic E-state index is 13.0. The van der Waals surface area contributed by atoms with Gasteiger partial charge in [0.05, 0.1) is 21.3 Å². The van der Waals surface area contributed by atoms with E-state index in [-0.39, 0.29) is 11.8 Å². The van der Waals surface area contributed by atoms with Crippen LogP contribution in [0.5, 0.6) is 17.2 Å². The van der Waals surface area contributed by atoms with Gasteiger partial charge in [0.15, 0.2) is 11.5 Å². The number of hydrogen-bond acceptors (Lipinski definition) is 5. The number of aryl methyl sites for hydroxylation is 2. The lowest BCUT2D eigenvalue weighted by Crippen LogP contribution is -2.36. The SMILES string of the molecule is COc1cc(NC(=O)C2(C(=O)Nc3c(C)cccc3C)CC2)cc(OC)c1OC. The molecule has 1 aliphatic carbocycles. The second-order valence-electron chi connectivity index (χ2n) is 7.17. The summed E-state index contributed by atoms with van der Waals surface area (Å²) in [4.78, 5) is 25.9. The fourth-order valence-electron chi connectivity index (χ4n) is 3.33. The minimum atomic E-state index is -1.07. The van der Waals surface area contributed by atoms with E-state index in [9.17, 15) is 9.59 Å². The number of carbonyl (C=O) groups is 2. The quantitative estimate of drug-likeness (QED) is 0.695. The summed E-state index contributed by atoms with van der Waals surface area (Å²) >= 11 is 0. The third kappa shape index (κ3) is 3.85. The molecule has 0 spiro atoms. The molecule has 0 bridgehead atoms. The van der Waals surface area contributed by atoms with Gasteiger partial charge in [-0.1, -0.05) is 18.2 Å². The molecule has 2 N–H and O–H groups in total. The molecule has 2 aromatic rings. The first kappa shape index (κ1) is 20.5. The number of carbonyl (C=O) groups excluding carboxylic acids is 2. The van der Waals surface area contributed by atoms with Crippen LogP contribution in [-0.4, -0.2) is 33.1 Å². The van der Waals surface area contributed by atoms with Crippen molar-refractivity contribution in [1.82, 2.24) is 0 Å². The molecule has 3 rings (SSSR count). The lowest BCUT2D eigenvalue weighted by atomic mass is 10.0. The monoisotopic (exact) mass is 398 g/mol. The third-order valence-corrected chi connectivity index (χ3v) is 5.26. The second-order valence-corrected chi connectivity index (χ2v) is 7.17. The van der Waals surface area contributed by atoms with Crippen molar-refractivity contribution in [2.75, 3.05) is 32.0 Å². The summed E-state index contributed by atoms with van der Waals surface area (Å²) in [5, 5.41) is 5.77. The van der Waals surface area contributed by atoms with E-state index in [0.29, 0.717) is 35.8 Å². The highest BCUT2D eigenvalue weighted by molar-refractivity contribution is 6.17. The van der Waals surface area contributed by atoms with E-state index in [1.807, 2.05) is 32.0 Å². The Morgan fingerprint density at radius 1 is 0.862 bits per heavy atom. The highest BCUT2D eigenvalue weighted by atomic mass is 16.5. The molecule has 2 aromatic carbocycles. The highest BCUT2D eigenvalue weighted by Gasteiger charge is 2.56. The van der Waals surface area contributed by atoms with Crippen LogP contribution in [0.1, 0.15) is 24.0 Å². The van der Waals surface area contributed by atoms with Crippen molar-refractivity contribution in [2.24, 2.45) is 5.41 Å². The number of anilines is 2. The molecule has 7 nitrogen and oxygen atoms in total. The molecule has 0 atom stereocenters. The Labute approximate surface area is 170 Å². The zero-order chi connectivity index (χ0) is 21.2. The number of methoxy groups -OCH3 is 3. The Balaban J connectivity index is 1.81. The molecule has 29 heavy (non-hydrogen) atoms. The summed E-state index contributed by atoms with van der Waals surface area (Å²) in [6.45, 7) is 3.86. The molecule has 0 aliphatic heterocycles. The van der Waals surface area contributed by atoms with E-state index < -0.39 is 5.41 Å². The van der Waals surface area contributed by atoms with Crippen molar-refractivity contribution >= 4 is 23.2 Å². The van der Waals surface area contributed by atoms with Crippen molar-refractivity contribution in [1.29, 1.82) is 0 Å². The summed E-state index contributed by atoms with van der Waals surface area (Å²) < 4.78 is 15.9. The lowest BCUT2D eigenvalue weighted by molar-refractivity contribution is -0.131. The van der Waals surface area contributed by atoms with Crippen LogP contribution in [-0.2, 0) is 9.59 Å². The Bertz CT molecular complexity index is 905. The van der Waals surface area contributed by atoms with Crippen LogP contribution >= 0.6 is 0 Å². The number of hydrogen-bond donors (Lipinski definition) is 2. The fourth-order valence-corrected chi connectivity index (χ4v) is 3.33. The zero-order valence-corrected chi connectivity index (χ0v) is 17.3. The minimum Gasteiger partial charge on any atom is -0.493 e. The van der Waals surface area contributed by atoms with Crippen molar-refractivity contribution in [3.05, 3.63) is 41.5 Å². The average molecular weight is 398 g/mol. The van der Waals surface area contributed by atoms with Gasteiger partial charge in [0.2, 0.25) is 17.6 Å². The van der Waals surface area contributed by atoms with E-state index in [0.717, 1.165) is 16.8 Å². The van der Waals surface area contributed by atoms with Crippen LogP contribution < -0.4 is 24.8 Å². The van der Waals surface area contributed by atoms with Crippen LogP contribution in [0, 0.1) is 19.3 Å². The Hall–Kier alpha value is -3.22. The molecule has 0 aromatic heterocycles. The lowest BCUT2D eigenvalue weighted by Gasteiger charge is -2.19. The van der Waals surface area contributed by atoms with Gasteiger partial charge in [-0.05, 0) is 37.8 Å². The Morgan fingerprint density at radius 3 is 1.83 bits per heavy atom. The van der Waals surface area contributed by atoms with E-state index in [1.54, 1.807) is 12.1 Å². The molecule has 154 valence electrons. The molecule has 0 saturated heterocycles. The first-order chi connectivity index (χ1) is 13.9. The molecule has 0 radical (unpaired) electrons. The molecule has 1 saturated carbocycles. The summed E-state index contributed by atoms with van der Waals surface area (Å²) in [7, 11) is 4.52. The normalized spacial score (nSPS) is 14.0. The molecule has 7 heteroatoms. The zero-order valence-electron chi connectivity index (χ0n) is 17.3. The van der Waals surface area contributed by atoms with Crippen molar-refractivity contribution < 1.29 is 23.8 Å². The Kier molecular flexibility index (Phi) is 5.68. The largest absolute Gasteiger partial charge is 0.493 e. The second kappa shape index (κ2) is 8.03. The Morgan fingerprint density at radius 2 is 1.38 bits per heavy atom. The van der Waals surface area contributed by atoms with Crippen LogP contribution in [0.15, 0.2) is 30.3 Å². The van der Waals surface area contributed by atoms with Gasteiger partial charge < -0.3 is 24.8 Å². The van der Waals surface area contributed by atoms with E-state index in [1.165, 1.54) is 21.3 Å². The number of benzene rings is 2. The van der Waals surface area contributed by atoms with E-state index in [2.05, 4.69) is 10.6 Å². The number of ether oxygens (including phenoxy) is 3. The smallest absolute Gasteiger partial charge is 0.240 e. The van der Waals surface area contributed by atoms with Crippen LogP contribution in [0.3, 0.4) is 0 Å². The predicted molar refractivity (Wildman–Crippen MR) is 111 cm³/mol. The van der Waals surface area contributed by atoms with Crippen LogP contribution in [0.4, 0.5) is 11.4 Å². The van der Waals surface area contributed by atoms with Crippen LogP contribution in [0.2, 0.25) is 0 Å². The number of nitrogens with one attached hydrogen (secondary N) is 2. The summed E-state index contributed by atoms with van der Waals surface area (Å²) in [6.07, 6.45) is 1.00. The highest BCUT2D eigenvalue weighted by Crippen LogP contribution is 2.48. The molecule has 0 heterocycles.